The van der Waals surface area contributed by atoms with Crippen LogP contribution in [-0.2, 0) is 0 Å². The summed E-state index contributed by atoms with van der Waals surface area (Å²) in [6.07, 6.45) is 3.14. The summed E-state index contributed by atoms with van der Waals surface area (Å²) in [5, 5.41) is 26.4. The van der Waals surface area contributed by atoms with Crippen LogP contribution in [0.25, 0.3) is 0 Å². The van der Waals surface area contributed by atoms with Crippen molar-refractivity contribution in [3.63, 3.8) is 0 Å². The van der Waals surface area contributed by atoms with Gasteiger partial charge in [-0.05, 0) is 12.1 Å². The lowest BCUT2D eigenvalue weighted by Crippen LogP contribution is -2.08. The second-order valence-electron chi connectivity index (χ2n) is 2.58. The van der Waals surface area contributed by atoms with Gasteiger partial charge in [0.25, 0.3) is 0 Å². The summed E-state index contributed by atoms with van der Waals surface area (Å²) < 4.78 is 0. The number of benzene rings is 1. The minimum Gasteiger partial charge on any atom is -0.254 e. The SMILES string of the molecule is C=CN(C#N)c1cccc(C#N)c1C#N. The Morgan fingerprint density at radius 2 is 1.93 bits per heavy atom. The van der Waals surface area contributed by atoms with Gasteiger partial charge in [0.1, 0.15) is 12.1 Å². The Balaban J connectivity index is 3.46. The van der Waals surface area contributed by atoms with E-state index >= 15 is 0 Å². The molecule has 0 radical (unpaired) electrons. The van der Waals surface area contributed by atoms with Crippen LogP contribution in [0.15, 0.2) is 31.0 Å². The molecule has 0 unspecified atom stereocenters. The summed E-state index contributed by atoms with van der Waals surface area (Å²) in [7, 11) is 0. The molecule has 0 atom stereocenters. The first kappa shape index (κ1) is 10.3. The van der Waals surface area contributed by atoms with E-state index in [9.17, 15) is 0 Å². The number of hydrogen-bond donors (Lipinski definition) is 0. The number of rotatable bonds is 2. The van der Waals surface area contributed by atoms with Gasteiger partial charge in [-0.2, -0.15) is 15.8 Å². The summed E-state index contributed by atoms with van der Waals surface area (Å²) >= 11 is 0. The molecule has 0 aliphatic carbocycles. The molecule has 0 saturated carbocycles. The van der Waals surface area contributed by atoms with Gasteiger partial charge in [-0.15, -0.1) is 0 Å². The molecule has 1 rings (SSSR count). The van der Waals surface area contributed by atoms with E-state index in [4.69, 9.17) is 15.8 Å². The molecule has 4 nitrogen and oxygen atoms in total. The van der Waals surface area contributed by atoms with Crippen LogP contribution in [0.2, 0.25) is 0 Å². The summed E-state index contributed by atoms with van der Waals surface area (Å²) in [6, 6.07) is 8.53. The van der Waals surface area contributed by atoms with Crippen molar-refractivity contribution in [3.8, 4) is 18.3 Å². The highest BCUT2D eigenvalue weighted by molar-refractivity contribution is 5.68. The molecule has 0 amide bonds. The van der Waals surface area contributed by atoms with Crippen molar-refractivity contribution < 1.29 is 0 Å². The van der Waals surface area contributed by atoms with Crippen molar-refractivity contribution in [2.75, 3.05) is 4.90 Å². The van der Waals surface area contributed by atoms with Crippen molar-refractivity contribution in [1.82, 2.24) is 0 Å². The number of nitriles is 3. The molecule has 0 bridgehead atoms. The molecule has 0 saturated heterocycles. The van der Waals surface area contributed by atoms with Gasteiger partial charge in [-0.25, -0.2) is 0 Å². The van der Waals surface area contributed by atoms with Crippen LogP contribution >= 0.6 is 0 Å². The largest absolute Gasteiger partial charge is 0.254 e. The topological polar surface area (TPSA) is 74.6 Å². The van der Waals surface area contributed by atoms with Gasteiger partial charge in [0.05, 0.1) is 16.8 Å². The van der Waals surface area contributed by atoms with Crippen LogP contribution in [0.1, 0.15) is 11.1 Å². The normalized spacial score (nSPS) is 8.07. The van der Waals surface area contributed by atoms with E-state index in [2.05, 4.69) is 6.58 Å². The number of hydrogen-bond acceptors (Lipinski definition) is 4. The Morgan fingerprint density at radius 3 is 2.40 bits per heavy atom. The van der Waals surface area contributed by atoms with Gasteiger partial charge in [0.15, 0.2) is 6.19 Å². The molecule has 0 aromatic heterocycles. The lowest BCUT2D eigenvalue weighted by atomic mass is 10.1. The quantitative estimate of drug-likeness (QED) is 0.532. The van der Waals surface area contributed by atoms with Gasteiger partial charge in [-0.3, -0.25) is 4.90 Å². The van der Waals surface area contributed by atoms with Crippen LogP contribution in [0.5, 0.6) is 0 Å². The fourth-order valence-corrected chi connectivity index (χ4v) is 1.14. The van der Waals surface area contributed by atoms with E-state index in [-0.39, 0.29) is 11.1 Å². The van der Waals surface area contributed by atoms with E-state index in [0.717, 1.165) is 4.90 Å². The highest BCUT2D eigenvalue weighted by atomic mass is 15.1. The fourth-order valence-electron chi connectivity index (χ4n) is 1.14. The van der Waals surface area contributed by atoms with Gasteiger partial charge in [-0.1, -0.05) is 12.6 Å². The smallest absolute Gasteiger partial charge is 0.188 e. The van der Waals surface area contributed by atoms with Crippen LogP contribution in [0.3, 0.4) is 0 Å². The Labute approximate surface area is 87.5 Å². The van der Waals surface area contributed by atoms with Crippen molar-refractivity contribution >= 4 is 5.69 Å². The van der Waals surface area contributed by atoms with Crippen LogP contribution in [-0.4, -0.2) is 0 Å². The van der Waals surface area contributed by atoms with E-state index in [1.54, 1.807) is 12.1 Å². The van der Waals surface area contributed by atoms with Crippen molar-refractivity contribution in [1.29, 1.82) is 15.8 Å². The summed E-state index contributed by atoms with van der Waals surface area (Å²) in [6.45, 7) is 3.45. The van der Waals surface area contributed by atoms with Crippen LogP contribution in [0, 0.1) is 34.1 Å². The second-order valence-corrected chi connectivity index (χ2v) is 2.58. The number of anilines is 1. The Morgan fingerprint density at radius 1 is 1.20 bits per heavy atom. The first-order chi connectivity index (χ1) is 7.28. The van der Waals surface area contributed by atoms with Gasteiger partial charge >= 0.3 is 0 Å². The molecule has 0 fully saturated rings. The molecule has 0 aliphatic heterocycles. The maximum absolute atomic E-state index is 8.90. The standard InChI is InChI=1S/C11H6N4/c1-2-15(8-14)11-5-3-4-9(6-12)10(11)7-13/h2-5H,1H2. The van der Waals surface area contributed by atoms with Gasteiger partial charge in [0.2, 0.25) is 0 Å². The van der Waals surface area contributed by atoms with E-state index in [0.29, 0.717) is 5.69 Å². The van der Waals surface area contributed by atoms with Crippen molar-refractivity contribution in [2.45, 2.75) is 0 Å². The van der Waals surface area contributed by atoms with Crippen molar-refractivity contribution in [2.24, 2.45) is 0 Å². The zero-order chi connectivity index (χ0) is 11.3. The molecular weight excluding hydrogens is 188 g/mol. The third kappa shape index (κ3) is 1.77. The maximum Gasteiger partial charge on any atom is 0.188 e. The zero-order valence-electron chi connectivity index (χ0n) is 7.81. The van der Waals surface area contributed by atoms with Gasteiger partial charge in [0, 0.05) is 6.20 Å². The molecule has 15 heavy (non-hydrogen) atoms. The average molecular weight is 194 g/mol. The Bertz CT molecular complexity index is 511. The highest BCUT2D eigenvalue weighted by Gasteiger charge is 2.11. The molecular formula is C11H6N4. The van der Waals surface area contributed by atoms with Crippen LogP contribution in [0.4, 0.5) is 5.69 Å². The lowest BCUT2D eigenvalue weighted by Gasteiger charge is -2.11. The predicted octanol–water partition coefficient (Wildman–Crippen LogP) is 1.86. The van der Waals surface area contributed by atoms with E-state index in [1.165, 1.54) is 12.3 Å². The third-order valence-corrected chi connectivity index (χ3v) is 1.82. The predicted molar refractivity (Wildman–Crippen MR) is 54.2 cm³/mol. The minimum absolute atomic E-state index is 0.182. The summed E-state index contributed by atoms with van der Waals surface area (Å²) in [4.78, 5) is 1.14. The minimum atomic E-state index is 0.182. The fraction of sp³-hybridized carbons (Fsp3) is 0. The molecule has 0 heterocycles. The lowest BCUT2D eigenvalue weighted by molar-refractivity contribution is 1.26. The monoisotopic (exact) mass is 194 g/mol. The third-order valence-electron chi connectivity index (χ3n) is 1.82. The van der Waals surface area contributed by atoms with E-state index in [1.807, 2.05) is 18.3 Å². The van der Waals surface area contributed by atoms with E-state index < -0.39 is 0 Å². The first-order valence-corrected chi connectivity index (χ1v) is 4.03. The highest BCUT2D eigenvalue weighted by Crippen LogP contribution is 2.22. The molecule has 1 aromatic carbocycles. The Hall–Kier alpha value is -2.77. The van der Waals surface area contributed by atoms with Gasteiger partial charge < -0.3 is 0 Å². The summed E-state index contributed by atoms with van der Waals surface area (Å²) in [5.74, 6) is 0. The summed E-state index contributed by atoms with van der Waals surface area (Å²) in [5.41, 5.74) is 0.799. The Kier molecular flexibility index (Phi) is 3.07. The number of nitrogens with zero attached hydrogens (tertiary/aromatic N) is 4. The molecule has 0 spiro atoms. The average Bonchev–Trinajstić information content (AvgIpc) is 2.30. The molecule has 0 aliphatic rings. The zero-order valence-corrected chi connectivity index (χ0v) is 7.81. The molecule has 0 N–H and O–H groups in total. The second kappa shape index (κ2) is 4.46. The van der Waals surface area contributed by atoms with Crippen LogP contribution < -0.4 is 4.90 Å². The molecule has 70 valence electrons. The molecule has 1 aromatic rings. The molecule has 4 heteroatoms. The maximum atomic E-state index is 8.90. The van der Waals surface area contributed by atoms with Crippen molar-refractivity contribution in [3.05, 3.63) is 42.1 Å². The first-order valence-electron chi connectivity index (χ1n) is 4.03.